The molecule has 2 saturated carbocycles. The van der Waals surface area contributed by atoms with E-state index in [4.69, 9.17) is 9.97 Å². The third-order valence-corrected chi connectivity index (χ3v) is 8.42. The van der Waals surface area contributed by atoms with E-state index in [0.29, 0.717) is 12.1 Å². The molecule has 3 aliphatic rings. The van der Waals surface area contributed by atoms with Crippen molar-refractivity contribution < 1.29 is 0 Å². The first-order valence-corrected chi connectivity index (χ1v) is 14.2. The second-order valence-electron chi connectivity index (χ2n) is 11.4. The molecular weight excluding hydrogens is 430 g/mol. The smallest absolute Gasteiger partial charge is 0.224 e. The summed E-state index contributed by atoms with van der Waals surface area (Å²) in [6.45, 7) is 5.82. The van der Waals surface area contributed by atoms with Crippen LogP contribution >= 0.6 is 0 Å². The number of anilines is 1. The zero-order chi connectivity index (χ0) is 23.6. The molecule has 2 aromatic heterocycles. The standard InChI is InChI=1S/C30H41N5/c1-22(18-23-10-11-23)32-30-31-19-27-28(21-35(29(27)33-30)26-8-4-2-5-9-26)25-14-12-24(13-15-25)20-34-16-6-3-7-17-34/h12-15,19,21-23,26H,2-11,16-18,20H2,1H3,(H,31,32,33). The minimum atomic E-state index is 0.421. The molecule has 5 nitrogen and oxygen atoms in total. The number of aromatic nitrogens is 3. The number of nitrogens with one attached hydrogen (secondary N) is 1. The molecule has 2 aliphatic carbocycles. The lowest BCUT2D eigenvalue weighted by molar-refractivity contribution is 0.221. The van der Waals surface area contributed by atoms with Crippen LogP contribution < -0.4 is 5.32 Å². The molecule has 1 saturated heterocycles. The fourth-order valence-corrected chi connectivity index (χ4v) is 6.26. The van der Waals surface area contributed by atoms with E-state index in [1.54, 1.807) is 0 Å². The number of hydrogen-bond acceptors (Lipinski definition) is 4. The molecule has 1 atom stereocenters. The van der Waals surface area contributed by atoms with Gasteiger partial charge in [0.25, 0.3) is 0 Å². The molecule has 3 fully saturated rings. The minimum Gasteiger partial charge on any atom is -0.352 e. The predicted octanol–water partition coefficient (Wildman–Crippen LogP) is 7.19. The van der Waals surface area contributed by atoms with Gasteiger partial charge in [-0.3, -0.25) is 4.90 Å². The van der Waals surface area contributed by atoms with Gasteiger partial charge >= 0.3 is 0 Å². The number of nitrogens with zero attached hydrogens (tertiary/aromatic N) is 4. The highest BCUT2D eigenvalue weighted by atomic mass is 15.2. The van der Waals surface area contributed by atoms with Gasteiger partial charge in [0.05, 0.1) is 0 Å². The van der Waals surface area contributed by atoms with Gasteiger partial charge < -0.3 is 9.88 Å². The topological polar surface area (TPSA) is 46.0 Å². The van der Waals surface area contributed by atoms with Gasteiger partial charge in [-0.05, 0) is 69.2 Å². The molecule has 3 aromatic rings. The Morgan fingerprint density at radius 1 is 0.943 bits per heavy atom. The predicted molar refractivity (Wildman–Crippen MR) is 145 cm³/mol. The maximum absolute atomic E-state index is 5.09. The van der Waals surface area contributed by atoms with E-state index >= 15 is 0 Å². The second kappa shape index (κ2) is 10.3. The van der Waals surface area contributed by atoms with Crippen molar-refractivity contribution in [1.29, 1.82) is 0 Å². The number of rotatable bonds is 8. The van der Waals surface area contributed by atoms with E-state index in [2.05, 4.69) is 58.4 Å². The molecule has 1 N–H and O–H groups in total. The molecule has 1 aliphatic heterocycles. The summed E-state index contributed by atoms with van der Waals surface area (Å²) >= 11 is 0. The van der Waals surface area contributed by atoms with Crippen LogP contribution in [0, 0.1) is 5.92 Å². The highest BCUT2D eigenvalue weighted by Crippen LogP contribution is 2.37. The molecule has 0 spiro atoms. The van der Waals surface area contributed by atoms with Crippen LogP contribution in [0.5, 0.6) is 0 Å². The van der Waals surface area contributed by atoms with Crippen molar-refractivity contribution in [2.75, 3.05) is 18.4 Å². The van der Waals surface area contributed by atoms with Crippen molar-refractivity contribution in [1.82, 2.24) is 19.4 Å². The van der Waals surface area contributed by atoms with Crippen LogP contribution in [0.1, 0.15) is 89.2 Å². The normalized spacial score (nSPS) is 20.8. The molecule has 6 rings (SSSR count). The first kappa shape index (κ1) is 23.0. The van der Waals surface area contributed by atoms with Crippen molar-refractivity contribution in [3.8, 4) is 11.1 Å². The molecule has 0 radical (unpaired) electrons. The van der Waals surface area contributed by atoms with Gasteiger partial charge in [-0.1, -0.05) is 62.8 Å². The number of fused-ring (bicyclic) bond motifs is 1. The van der Waals surface area contributed by atoms with Crippen LogP contribution in [-0.2, 0) is 6.54 Å². The van der Waals surface area contributed by atoms with Gasteiger partial charge in [0.2, 0.25) is 5.95 Å². The summed E-state index contributed by atoms with van der Waals surface area (Å²) in [6.07, 6.45) is 19.0. The van der Waals surface area contributed by atoms with E-state index in [9.17, 15) is 0 Å². The molecular formula is C30H41N5. The summed E-state index contributed by atoms with van der Waals surface area (Å²) in [5.41, 5.74) is 5.06. The number of benzene rings is 1. The van der Waals surface area contributed by atoms with Crippen molar-refractivity contribution >= 4 is 17.0 Å². The van der Waals surface area contributed by atoms with Crippen molar-refractivity contribution in [2.24, 2.45) is 5.92 Å². The Morgan fingerprint density at radius 3 is 2.43 bits per heavy atom. The molecule has 0 amide bonds. The summed E-state index contributed by atoms with van der Waals surface area (Å²) in [5, 5.41) is 4.77. The maximum Gasteiger partial charge on any atom is 0.224 e. The first-order valence-electron chi connectivity index (χ1n) is 14.2. The van der Waals surface area contributed by atoms with Crippen molar-refractivity contribution in [3.63, 3.8) is 0 Å². The largest absolute Gasteiger partial charge is 0.352 e. The van der Waals surface area contributed by atoms with Crippen molar-refractivity contribution in [2.45, 2.75) is 96.2 Å². The quantitative estimate of drug-likeness (QED) is 0.378. The fourth-order valence-electron chi connectivity index (χ4n) is 6.26. The Kier molecular flexibility index (Phi) is 6.78. The zero-order valence-electron chi connectivity index (χ0n) is 21.4. The average molecular weight is 472 g/mol. The summed E-state index contributed by atoms with van der Waals surface area (Å²) in [5.74, 6) is 1.68. The lowest BCUT2D eigenvalue weighted by Crippen LogP contribution is -2.28. The van der Waals surface area contributed by atoms with Gasteiger partial charge in [0.15, 0.2) is 0 Å². The van der Waals surface area contributed by atoms with Gasteiger partial charge in [-0.2, -0.15) is 4.98 Å². The summed E-state index contributed by atoms with van der Waals surface area (Å²) in [6, 6.07) is 10.2. The van der Waals surface area contributed by atoms with E-state index in [0.717, 1.165) is 24.1 Å². The molecule has 1 unspecified atom stereocenters. The summed E-state index contributed by atoms with van der Waals surface area (Å²) in [4.78, 5) is 12.5. The van der Waals surface area contributed by atoms with Crippen LogP contribution in [0.3, 0.4) is 0 Å². The van der Waals surface area contributed by atoms with Gasteiger partial charge in [0, 0.05) is 42.0 Å². The molecule has 5 heteroatoms. The van der Waals surface area contributed by atoms with E-state index in [1.807, 2.05) is 0 Å². The fraction of sp³-hybridized carbons (Fsp3) is 0.600. The SMILES string of the molecule is CC(CC1CC1)Nc1ncc2c(-c3ccc(CN4CCCCC4)cc3)cn(C3CCCCC3)c2n1. The van der Waals surface area contributed by atoms with Crippen LogP contribution in [0.2, 0.25) is 0 Å². The van der Waals surface area contributed by atoms with Crippen LogP contribution in [0.15, 0.2) is 36.7 Å². The second-order valence-corrected chi connectivity index (χ2v) is 11.4. The molecule has 1 aromatic carbocycles. The summed E-state index contributed by atoms with van der Waals surface area (Å²) in [7, 11) is 0. The minimum absolute atomic E-state index is 0.421. The van der Waals surface area contributed by atoms with Crippen molar-refractivity contribution in [3.05, 3.63) is 42.2 Å². The van der Waals surface area contributed by atoms with E-state index in [-0.39, 0.29) is 0 Å². The first-order chi connectivity index (χ1) is 17.2. The summed E-state index contributed by atoms with van der Waals surface area (Å²) < 4.78 is 2.48. The van der Waals surface area contributed by atoms with Crippen LogP contribution in [-0.4, -0.2) is 38.6 Å². The van der Waals surface area contributed by atoms with Crippen LogP contribution in [0.4, 0.5) is 5.95 Å². The van der Waals surface area contributed by atoms with Gasteiger partial charge in [-0.25, -0.2) is 4.98 Å². The van der Waals surface area contributed by atoms with Gasteiger partial charge in [-0.15, -0.1) is 0 Å². The van der Waals surface area contributed by atoms with Crippen LogP contribution in [0.25, 0.3) is 22.2 Å². The zero-order valence-corrected chi connectivity index (χ0v) is 21.4. The monoisotopic (exact) mass is 471 g/mol. The van der Waals surface area contributed by atoms with E-state index < -0.39 is 0 Å². The Hall–Kier alpha value is -2.40. The molecule has 0 bridgehead atoms. The molecule has 3 heterocycles. The Balaban J connectivity index is 1.28. The number of hydrogen-bond donors (Lipinski definition) is 1. The lowest BCUT2D eigenvalue weighted by atomic mass is 9.95. The highest BCUT2D eigenvalue weighted by molar-refractivity contribution is 5.94. The van der Waals surface area contributed by atoms with Gasteiger partial charge in [0.1, 0.15) is 5.65 Å². The molecule has 35 heavy (non-hydrogen) atoms. The number of likely N-dealkylation sites (tertiary alicyclic amines) is 1. The maximum atomic E-state index is 5.09. The average Bonchev–Trinajstić information content (AvgIpc) is 3.63. The van der Waals surface area contributed by atoms with E-state index in [1.165, 1.54) is 106 Å². The third kappa shape index (κ3) is 5.40. The highest BCUT2D eigenvalue weighted by Gasteiger charge is 2.25. The number of piperidine rings is 1. The lowest BCUT2D eigenvalue weighted by Gasteiger charge is -2.26. The Bertz CT molecular complexity index is 1120. The Labute approximate surface area is 210 Å². The Morgan fingerprint density at radius 2 is 1.69 bits per heavy atom. The third-order valence-electron chi connectivity index (χ3n) is 8.42. The molecule has 186 valence electrons.